The van der Waals surface area contributed by atoms with Crippen LogP contribution in [0.1, 0.15) is 40.0 Å². The van der Waals surface area contributed by atoms with Gasteiger partial charge in [-0.05, 0) is 45.7 Å². The first-order chi connectivity index (χ1) is 11.2. The second kappa shape index (κ2) is 9.13. The largest absolute Gasteiger partial charge is 0.493 e. The molecule has 1 aromatic carbocycles. The third kappa shape index (κ3) is 6.20. The summed E-state index contributed by atoms with van der Waals surface area (Å²) in [5, 5.41) is 3.33. The quantitative estimate of drug-likeness (QED) is 0.629. The first-order valence-corrected chi connectivity index (χ1v) is 9.64. The molecule has 0 fully saturated rings. The Hall–Kier alpha value is -1.47. The van der Waals surface area contributed by atoms with Crippen molar-refractivity contribution in [2.75, 3.05) is 32.6 Å². The molecule has 0 aliphatic carbocycles. The Bertz CT molecular complexity index is 610. The molecule has 0 heterocycles. The van der Waals surface area contributed by atoms with Gasteiger partial charge < -0.3 is 14.8 Å². The lowest BCUT2D eigenvalue weighted by molar-refractivity contribution is 0.355. The molecule has 0 spiro atoms. The summed E-state index contributed by atoms with van der Waals surface area (Å²) in [7, 11) is -0.0178. The lowest BCUT2D eigenvalue weighted by Gasteiger charge is -2.19. The normalized spacial score (nSPS) is 12.0. The maximum atomic E-state index is 11.9. The lowest BCUT2D eigenvalue weighted by atomic mass is 10.2. The topological polar surface area (TPSA) is 76.7 Å². The molecule has 0 saturated carbocycles. The molecule has 1 aromatic rings. The predicted molar refractivity (Wildman–Crippen MR) is 98.6 cm³/mol. The second-order valence-electron chi connectivity index (χ2n) is 6.57. The molecule has 24 heavy (non-hydrogen) atoms. The highest BCUT2D eigenvalue weighted by molar-refractivity contribution is 7.90. The van der Waals surface area contributed by atoms with E-state index in [1.54, 1.807) is 35.0 Å². The summed E-state index contributed by atoms with van der Waals surface area (Å²) in [4.78, 5) is 0. The van der Waals surface area contributed by atoms with Crippen LogP contribution in [0.4, 0.5) is 5.69 Å². The van der Waals surface area contributed by atoms with Crippen molar-refractivity contribution in [3.63, 3.8) is 0 Å². The fourth-order valence-corrected chi connectivity index (χ4v) is 2.87. The molecule has 2 N–H and O–H groups in total. The number of hydrogen-bond acceptors (Lipinski definition) is 5. The molecule has 0 aromatic heterocycles. The van der Waals surface area contributed by atoms with Gasteiger partial charge >= 0.3 is 0 Å². The zero-order valence-electron chi connectivity index (χ0n) is 15.3. The van der Waals surface area contributed by atoms with E-state index in [2.05, 4.69) is 10.0 Å². The van der Waals surface area contributed by atoms with E-state index in [1.807, 2.05) is 18.2 Å². The first-order valence-electron chi connectivity index (χ1n) is 8.16. The van der Waals surface area contributed by atoms with Gasteiger partial charge in [-0.15, -0.1) is 0 Å². The molecule has 0 amide bonds. The highest BCUT2D eigenvalue weighted by Crippen LogP contribution is 2.29. The molecule has 0 aliphatic rings. The fourth-order valence-electron chi connectivity index (χ4n) is 2.03. The van der Waals surface area contributed by atoms with Crippen molar-refractivity contribution >= 4 is 15.7 Å². The molecule has 138 valence electrons. The van der Waals surface area contributed by atoms with Gasteiger partial charge in [-0.25, -0.2) is 13.1 Å². The summed E-state index contributed by atoms with van der Waals surface area (Å²) in [5.41, 5.74) is 0.973. The third-order valence-electron chi connectivity index (χ3n) is 3.66. The maximum absolute atomic E-state index is 11.9. The van der Waals surface area contributed by atoms with E-state index in [0.717, 1.165) is 31.5 Å². The van der Waals surface area contributed by atoms with E-state index in [-0.39, 0.29) is 0 Å². The molecule has 1 rings (SSSR count). The molecule has 0 saturated heterocycles. The molecule has 7 heteroatoms. The van der Waals surface area contributed by atoms with E-state index < -0.39 is 14.8 Å². The number of sulfonamides is 1. The number of benzene rings is 1. The average molecular weight is 359 g/mol. The van der Waals surface area contributed by atoms with Crippen LogP contribution < -0.4 is 19.5 Å². The van der Waals surface area contributed by atoms with Gasteiger partial charge in [0.25, 0.3) is 0 Å². The fraction of sp³-hybridized carbons (Fsp3) is 0.647. The van der Waals surface area contributed by atoms with Crippen LogP contribution in [0.15, 0.2) is 18.2 Å². The lowest BCUT2D eigenvalue weighted by Crippen LogP contribution is -2.39. The summed E-state index contributed by atoms with van der Waals surface area (Å²) in [6.07, 6.45) is 2.74. The van der Waals surface area contributed by atoms with Crippen LogP contribution in [0.2, 0.25) is 0 Å². The number of anilines is 1. The van der Waals surface area contributed by atoms with E-state index in [0.29, 0.717) is 18.0 Å². The van der Waals surface area contributed by atoms with Crippen LogP contribution >= 0.6 is 0 Å². The standard InChI is InChI=1S/C17H30N2O4S/c1-17(2,3)24(20,21)19-12-8-6-7-11-18-14-9-10-15(22-4)16(13-14)23-5/h9-10,13,18-19H,6-8,11-12H2,1-5H3. The Morgan fingerprint density at radius 2 is 1.58 bits per heavy atom. The van der Waals surface area contributed by atoms with E-state index in [9.17, 15) is 8.42 Å². The maximum Gasteiger partial charge on any atom is 0.216 e. The second-order valence-corrected chi connectivity index (χ2v) is 9.09. The van der Waals surface area contributed by atoms with Crippen molar-refractivity contribution in [3.05, 3.63) is 18.2 Å². The molecule has 0 aliphatic heterocycles. The minimum atomic E-state index is -3.24. The highest BCUT2D eigenvalue weighted by atomic mass is 32.2. The van der Waals surface area contributed by atoms with Gasteiger partial charge in [0.2, 0.25) is 10.0 Å². The average Bonchev–Trinajstić information content (AvgIpc) is 2.52. The van der Waals surface area contributed by atoms with E-state index >= 15 is 0 Å². The van der Waals surface area contributed by atoms with Crippen LogP contribution in [0.25, 0.3) is 0 Å². The summed E-state index contributed by atoms with van der Waals surface area (Å²) < 4.78 is 36.1. The molecule has 0 atom stereocenters. The van der Waals surface area contributed by atoms with Gasteiger partial charge in [-0.3, -0.25) is 0 Å². The van der Waals surface area contributed by atoms with Gasteiger partial charge in [-0.1, -0.05) is 6.42 Å². The number of unbranched alkanes of at least 4 members (excludes halogenated alkanes) is 2. The van der Waals surface area contributed by atoms with E-state index in [1.165, 1.54) is 0 Å². The third-order valence-corrected chi connectivity index (χ3v) is 5.86. The molecule has 0 unspecified atom stereocenters. The van der Waals surface area contributed by atoms with E-state index in [4.69, 9.17) is 9.47 Å². The van der Waals surface area contributed by atoms with Gasteiger partial charge in [-0.2, -0.15) is 0 Å². The Kier molecular flexibility index (Phi) is 7.83. The number of nitrogens with one attached hydrogen (secondary N) is 2. The SMILES string of the molecule is COc1ccc(NCCCCCNS(=O)(=O)C(C)(C)C)cc1OC. The van der Waals surface area contributed by atoms with Crippen LogP contribution in [0, 0.1) is 0 Å². The molecule has 6 nitrogen and oxygen atoms in total. The summed E-state index contributed by atoms with van der Waals surface area (Å²) in [5.74, 6) is 1.40. The van der Waals surface area contributed by atoms with Crippen LogP contribution in [0.3, 0.4) is 0 Å². The van der Waals surface area contributed by atoms with Gasteiger partial charge in [0.05, 0.1) is 19.0 Å². The van der Waals surface area contributed by atoms with Gasteiger partial charge in [0.15, 0.2) is 11.5 Å². The zero-order valence-corrected chi connectivity index (χ0v) is 16.1. The van der Waals surface area contributed by atoms with Crippen molar-refractivity contribution in [1.29, 1.82) is 0 Å². The zero-order chi connectivity index (χ0) is 18.2. The predicted octanol–water partition coefficient (Wildman–Crippen LogP) is 3.00. The number of methoxy groups -OCH3 is 2. The minimum Gasteiger partial charge on any atom is -0.493 e. The molecule has 0 radical (unpaired) electrons. The summed E-state index contributed by atoms with van der Waals surface area (Å²) >= 11 is 0. The van der Waals surface area contributed by atoms with Gasteiger partial charge in [0.1, 0.15) is 0 Å². The Morgan fingerprint density at radius 3 is 2.17 bits per heavy atom. The van der Waals surface area contributed by atoms with Crippen molar-refractivity contribution in [3.8, 4) is 11.5 Å². The van der Waals surface area contributed by atoms with Crippen molar-refractivity contribution in [2.24, 2.45) is 0 Å². The number of rotatable bonds is 10. The van der Waals surface area contributed by atoms with Crippen LogP contribution in [-0.4, -0.2) is 40.5 Å². The summed E-state index contributed by atoms with van der Waals surface area (Å²) in [6.45, 7) is 6.39. The Balaban J connectivity index is 2.26. The van der Waals surface area contributed by atoms with Crippen molar-refractivity contribution in [2.45, 2.75) is 44.8 Å². The minimum absolute atomic E-state index is 0.482. The van der Waals surface area contributed by atoms with Gasteiger partial charge in [0, 0.05) is 24.8 Å². The molecular weight excluding hydrogens is 328 g/mol. The highest BCUT2D eigenvalue weighted by Gasteiger charge is 2.27. The first kappa shape index (κ1) is 20.6. The van der Waals surface area contributed by atoms with Crippen molar-refractivity contribution in [1.82, 2.24) is 4.72 Å². The smallest absolute Gasteiger partial charge is 0.216 e. The molecular formula is C17H30N2O4S. The molecule has 0 bridgehead atoms. The Morgan fingerprint density at radius 1 is 0.958 bits per heavy atom. The number of ether oxygens (including phenoxy) is 2. The summed E-state index contributed by atoms with van der Waals surface area (Å²) in [6, 6.07) is 5.71. The Labute approximate surface area is 146 Å². The van der Waals surface area contributed by atoms with Crippen molar-refractivity contribution < 1.29 is 17.9 Å². The van der Waals surface area contributed by atoms with Crippen LogP contribution in [-0.2, 0) is 10.0 Å². The number of hydrogen-bond donors (Lipinski definition) is 2. The van der Waals surface area contributed by atoms with Crippen LogP contribution in [0.5, 0.6) is 11.5 Å². The monoisotopic (exact) mass is 358 g/mol.